The van der Waals surface area contributed by atoms with E-state index < -0.39 is 6.10 Å². The highest BCUT2D eigenvalue weighted by Gasteiger charge is 2.19. The Balaban J connectivity index is 4.47. The van der Waals surface area contributed by atoms with Gasteiger partial charge in [-0.2, -0.15) is 0 Å². The summed E-state index contributed by atoms with van der Waals surface area (Å²) in [4.78, 5) is 38.2. The maximum atomic E-state index is 12.9. The molecule has 416 valence electrons. The number of rotatable bonds is 52. The fourth-order valence-corrected chi connectivity index (χ4v) is 7.58. The number of ether oxygens (including phenoxy) is 3. The minimum atomic E-state index is -0.816. The zero-order valence-corrected chi connectivity index (χ0v) is 47.5. The minimum Gasteiger partial charge on any atom is -0.462 e. The third kappa shape index (κ3) is 58.2. The van der Waals surface area contributed by atoms with Crippen molar-refractivity contribution >= 4 is 17.9 Å². The van der Waals surface area contributed by atoms with Crippen molar-refractivity contribution in [3.8, 4) is 0 Å². The second kappa shape index (κ2) is 60.8. The molecule has 0 aromatic heterocycles. The number of hydrogen-bond donors (Lipinski definition) is 0. The zero-order valence-electron chi connectivity index (χ0n) is 47.5. The van der Waals surface area contributed by atoms with Crippen LogP contribution in [0, 0.1) is 0 Å². The van der Waals surface area contributed by atoms with Crippen molar-refractivity contribution in [3.63, 3.8) is 0 Å². The standard InChI is InChI=1S/C68H108O6/c1-4-7-10-13-16-19-22-25-27-29-30-31-32-33-34-35-36-37-38-39-41-43-46-49-52-55-58-61-67(70)73-64-65(63-72-66(69)60-57-54-51-48-45-42-24-21-18-15-12-9-6-3)74-68(71)62-59-56-53-50-47-44-40-28-26-23-20-17-14-11-8-5-2/h7,10,12,15-16,19-21,23-25,27-28,30-31,33-34,36-37,39-41,46,49,65H,4-6,8-9,11,13-14,17-18,22,26,29,32,35,38,42-45,47-48,50-64H2,1-3H3/b10-7-,15-12-,19-16-,23-20-,24-21-,27-25-,31-30-,34-33-,37-36-,40-28-,41-39-,49-46-. The van der Waals surface area contributed by atoms with Crippen molar-refractivity contribution in [2.45, 2.75) is 252 Å². The Bertz CT molecular complexity index is 1640. The van der Waals surface area contributed by atoms with Crippen LogP contribution in [0.3, 0.4) is 0 Å². The molecule has 0 radical (unpaired) electrons. The SMILES string of the molecule is CC/C=C\C/C=C\C/C=C\C/C=C\C/C=C\C/C=C\C/C=C\C/C=C\CCCCC(=O)OCC(COC(=O)CCCCCCC/C=C\C/C=C\CCC)OC(=O)CCCCCCC/C=C\C/C=C\CCCCCC. The molecule has 0 aromatic rings. The molecular weight excluding hydrogens is 913 g/mol. The van der Waals surface area contributed by atoms with E-state index in [1.54, 1.807) is 0 Å². The van der Waals surface area contributed by atoms with Crippen LogP contribution in [-0.4, -0.2) is 37.2 Å². The van der Waals surface area contributed by atoms with E-state index in [4.69, 9.17) is 14.2 Å². The first-order chi connectivity index (χ1) is 36.5. The van der Waals surface area contributed by atoms with Gasteiger partial charge in [-0.25, -0.2) is 0 Å². The second-order valence-corrected chi connectivity index (χ2v) is 19.2. The Kier molecular flexibility index (Phi) is 57.0. The molecule has 0 rings (SSSR count). The lowest BCUT2D eigenvalue weighted by Gasteiger charge is -2.18. The molecular formula is C68H108O6. The molecule has 0 aliphatic heterocycles. The van der Waals surface area contributed by atoms with Crippen LogP contribution >= 0.6 is 0 Å². The van der Waals surface area contributed by atoms with Crippen molar-refractivity contribution in [2.75, 3.05) is 13.2 Å². The Morgan fingerprint density at radius 1 is 0.284 bits per heavy atom. The number of carbonyl (C=O) groups excluding carboxylic acids is 3. The summed E-state index contributed by atoms with van der Waals surface area (Å²) in [6, 6.07) is 0. The molecule has 0 amide bonds. The maximum Gasteiger partial charge on any atom is 0.306 e. The van der Waals surface area contributed by atoms with Gasteiger partial charge in [0.1, 0.15) is 13.2 Å². The largest absolute Gasteiger partial charge is 0.462 e. The van der Waals surface area contributed by atoms with E-state index in [1.807, 2.05) is 0 Å². The molecule has 0 aromatic carbocycles. The smallest absolute Gasteiger partial charge is 0.306 e. The van der Waals surface area contributed by atoms with Crippen LogP contribution < -0.4 is 0 Å². The normalized spacial score (nSPS) is 13.2. The van der Waals surface area contributed by atoms with Gasteiger partial charge in [0.05, 0.1) is 0 Å². The summed E-state index contributed by atoms with van der Waals surface area (Å²) in [5, 5.41) is 0. The Morgan fingerprint density at radius 3 is 0.905 bits per heavy atom. The highest BCUT2D eigenvalue weighted by molar-refractivity contribution is 5.71. The lowest BCUT2D eigenvalue weighted by molar-refractivity contribution is -0.167. The fraction of sp³-hybridized carbons (Fsp3) is 0.603. The van der Waals surface area contributed by atoms with E-state index in [9.17, 15) is 14.4 Å². The number of esters is 3. The number of allylic oxidation sites excluding steroid dienone is 24. The van der Waals surface area contributed by atoms with Gasteiger partial charge in [-0.15, -0.1) is 0 Å². The maximum absolute atomic E-state index is 12.9. The molecule has 0 fully saturated rings. The summed E-state index contributed by atoms with van der Waals surface area (Å²) in [6.45, 7) is 6.37. The molecule has 0 aliphatic rings. The monoisotopic (exact) mass is 1020 g/mol. The van der Waals surface area contributed by atoms with Gasteiger partial charge < -0.3 is 14.2 Å². The van der Waals surface area contributed by atoms with Crippen LogP contribution in [-0.2, 0) is 28.6 Å². The third-order valence-electron chi connectivity index (χ3n) is 12.0. The van der Waals surface area contributed by atoms with Crippen LogP contribution in [0.25, 0.3) is 0 Å². The van der Waals surface area contributed by atoms with Crippen molar-refractivity contribution in [1.82, 2.24) is 0 Å². The molecule has 0 heterocycles. The van der Waals surface area contributed by atoms with Crippen LogP contribution in [0.5, 0.6) is 0 Å². The van der Waals surface area contributed by atoms with Gasteiger partial charge in [0.2, 0.25) is 0 Å². The van der Waals surface area contributed by atoms with Crippen molar-refractivity contribution in [2.24, 2.45) is 0 Å². The Labute approximate surface area is 455 Å². The Hall–Kier alpha value is -4.71. The van der Waals surface area contributed by atoms with Gasteiger partial charge in [-0.1, -0.05) is 231 Å². The molecule has 0 saturated heterocycles. The van der Waals surface area contributed by atoms with Crippen molar-refractivity contribution < 1.29 is 28.6 Å². The molecule has 0 spiro atoms. The van der Waals surface area contributed by atoms with Crippen LogP contribution in [0.1, 0.15) is 245 Å². The van der Waals surface area contributed by atoms with Crippen LogP contribution in [0.15, 0.2) is 146 Å². The van der Waals surface area contributed by atoms with E-state index in [1.165, 1.54) is 38.5 Å². The van der Waals surface area contributed by atoms with Gasteiger partial charge in [0.25, 0.3) is 0 Å². The lowest BCUT2D eigenvalue weighted by Crippen LogP contribution is -2.30. The molecule has 1 atom stereocenters. The topological polar surface area (TPSA) is 78.9 Å². The van der Waals surface area contributed by atoms with Crippen LogP contribution in [0.4, 0.5) is 0 Å². The van der Waals surface area contributed by atoms with Gasteiger partial charge in [-0.05, 0) is 141 Å². The average molecular weight is 1020 g/mol. The van der Waals surface area contributed by atoms with E-state index in [2.05, 4.69) is 167 Å². The van der Waals surface area contributed by atoms with E-state index in [0.717, 1.165) is 161 Å². The van der Waals surface area contributed by atoms with Crippen LogP contribution in [0.2, 0.25) is 0 Å². The summed E-state index contributed by atoms with van der Waals surface area (Å²) in [7, 11) is 0. The number of carbonyl (C=O) groups is 3. The quantitative estimate of drug-likeness (QED) is 0.0261. The van der Waals surface area contributed by atoms with Gasteiger partial charge >= 0.3 is 17.9 Å². The predicted octanol–water partition coefficient (Wildman–Crippen LogP) is 20.4. The average Bonchev–Trinajstić information content (AvgIpc) is 3.40. The lowest BCUT2D eigenvalue weighted by atomic mass is 10.1. The van der Waals surface area contributed by atoms with E-state index in [0.29, 0.717) is 25.7 Å². The first-order valence-electron chi connectivity index (χ1n) is 29.8. The molecule has 74 heavy (non-hydrogen) atoms. The van der Waals surface area contributed by atoms with Crippen molar-refractivity contribution in [1.29, 1.82) is 0 Å². The summed E-state index contributed by atoms with van der Waals surface area (Å²) < 4.78 is 16.8. The molecule has 6 heteroatoms. The highest BCUT2D eigenvalue weighted by atomic mass is 16.6. The van der Waals surface area contributed by atoms with Crippen molar-refractivity contribution in [3.05, 3.63) is 146 Å². The first-order valence-corrected chi connectivity index (χ1v) is 29.8. The zero-order chi connectivity index (χ0) is 53.6. The molecule has 0 saturated carbocycles. The van der Waals surface area contributed by atoms with E-state index in [-0.39, 0.29) is 31.1 Å². The molecule has 1 unspecified atom stereocenters. The van der Waals surface area contributed by atoms with Gasteiger partial charge in [0.15, 0.2) is 6.10 Å². The molecule has 6 nitrogen and oxygen atoms in total. The van der Waals surface area contributed by atoms with Gasteiger partial charge in [0, 0.05) is 19.3 Å². The second-order valence-electron chi connectivity index (χ2n) is 19.2. The fourth-order valence-electron chi connectivity index (χ4n) is 7.58. The summed E-state index contributed by atoms with van der Waals surface area (Å²) in [5.74, 6) is -0.988. The highest BCUT2D eigenvalue weighted by Crippen LogP contribution is 2.13. The van der Waals surface area contributed by atoms with Gasteiger partial charge in [-0.3, -0.25) is 14.4 Å². The number of hydrogen-bond acceptors (Lipinski definition) is 6. The van der Waals surface area contributed by atoms with E-state index >= 15 is 0 Å². The number of unbranched alkanes of at least 4 members (excludes halogenated alkanes) is 17. The minimum absolute atomic E-state index is 0.110. The predicted molar refractivity (Wildman–Crippen MR) is 320 cm³/mol. The molecule has 0 bridgehead atoms. The first kappa shape index (κ1) is 69.3. The summed E-state index contributed by atoms with van der Waals surface area (Å²) >= 11 is 0. The summed E-state index contributed by atoms with van der Waals surface area (Å²) in [5.41, 5.74) is 0. The summed E-state index contributed by atoms with van der Waals surface area (Å²) in [6.07, 6.45) is 87.0. The Morgan fingerprint density at radius 2 is 0.554 bits per heavy atom. The molecule has 0 N–H and O–H groups in total. The molecule has 0 aliphatic carbocycles. The third-order valence-corrected chi connectivity index (χ3v) is 12.0.